The Hall–Kier alpha value is -1.35. The third kappa shape index (κ3) is 3.30. The van der Waals surface area contributed by atoms with Crippen LogP contribution in [-0.2, 0) is 0 Å². The highest BCUT2D eigenvalue weighted by molar-refractivity contribution is 5.98. The highest BCUT2D eigenvalue weighted by atomic mass is 16.3. The van der Waals surface area contributed by atoms with Crippen LogP contribution in [0.1, 0.15) is 36.0 Å². The molecule has 0 aliphatic carbocycles. The van der Waals surface area contributed by atoms with Gasteiger partial charge in [-0.05, 0) is 38.1 Å². The number of para-hydroxylation sites is 1. The van der Waals surface area contributed by atoms with Gasteiger partial charge in [0.05, 0.1) is 5.56 Å². The summed E-state index contributed by atoms with van der Waals surface area (Å²) in [5.74, 6) is 0.129. The number of nitrogens with zero attached hydrogens (tertiary/aromatic N) is 1. The Balaban J connectivity index is 1.87. The molecule has 0 saturated carbocycles. The molecule has 1 aliphatic rings. The minimum Gasteiger partial charge on any atom is -0.507 e. The summed E-state index contributed by atoms with van der Waals surface area (Å²) in [4.78, 5) is 14.3. The number of phenolic OH excluding ortho intramolecular Hbond substituents is 1. The Morgan fingerprint density at radius 3 is 2.59 bits per heavy atom. The van der Waals surface area contributed by atoms with Crippen LogP contribution in [-0.4, -0.2) is 35.4 Å². The first-order valence-electron chi connectivity index (χ1n) is 6.31. The van der Waals surface area contributed by atoms with E-state index < -0.39 is 0 Å². The second kappa shape index (κ2) is 5.82. The monoisotopic (exact) mass is 233 g/mol. The molecule has 0 spiro atoms. The fourth-order valence-corrected chi connectivity index (χ4v) is 2.29. The SMILES string of the molecule is O=C(CCN1CCCCC1)c1ccccc1O. The van der Waals surface area contributed by atoms with Crippen LogP contribution in [0, 0.1) is 0 Å². The first-order chi connectivity index (χ1) is 8.27. The molecular weight excluding hydrogens is 214 g/mol. The van der Waals surface area contributed by atoms with E-state index in [1.165, 1.54) is 19.3 Å². The van der Waals surface area contributed by atoms with Crippen LogP contribution in [0.5, 0.6) is 5.75 Å². The van der Waals surface area contributed by atoms with Gasteiger partial charge in [-0.2, -0.15) is 0 Å². The fourth-order valence-electron chi connectivity index (χ4n) is 2.29. The number of hydrogen-bond donors (Lipinski definition) is 1. The van der Waals surface area contributed by atoms with E-state index in [0.29, 0.717) is 12.0 Å². The molecule has 0 atom stereocenters. The largest absolute Gasteiger partial charge is 0.507 e. The number of hydrogen-bond acceptors (Lipinski definition) is 3. The first-order valence-corrected chi connectivity index (χ1v) is 6.31. The summed E-state index contributed by atoms with van der Waals surface area (Å²) < 4.78 is 0. The van der Waals surface area contributed by atoms with Gasteiger partial charge >= 0.3 is 0 Å². The van der Waals surface area contributed by atoms with Crippen molar-refractivity contribution in [2.75, 3.05) is 19.6 Å². The number of rotatable bonds is 4. The zero-order chi connectivity index (χ0) is 12.1. The Bertz CT molecular complexity index is 384. The number of carbonyl (C=O) groups excluding carboxylic acids is 1. The third-order valence-corrected chi connectivity index (χ3v) is 3.31. The van der Waals surface area contributed by atoms with E-state index in [2.05, 4.69) is 4.90 Å². The molecule has 2 rings (SSSR count). The van der Waals surface area contributed by atoms with Gasteiger partial charge in [0.2, 0.25) is 0 Å². The molecule has 1 N–H and O–H groups in total. The molecule has 3 heteroatoms. The van der Waals surface area contributed by atoms with Crippen LogP contribution < -0.4 is 0 Å². The number of phenols is 1. The van der Waals surface area contributed by atoms with Crippen molar-refractivity contribution < 1.29 is 9.90 Å². The van der Waals surface area contributed by atoms with Crippen molar-refractivity contribution in [2.24, 2.45) is 0 Å². The Morgan fingerprint density at radius 1 is 1.18 bits per heavy atom. The smallest absolute Gasteiger partial charge is 0.167 e. The quantitative estimate of drug-likeness (QED) is 0.812. The molecule has 3 nitrogen and oxygen atoms in total. The second-order valence-electron chi connectivity index (χ2n) is 4.59. The maximum Gasteiger partial charge on any atom is 0.167 e. The topological polar surface area (TPSA) is 40.5 Å². The van der Waals surface area contributed by atoms with Crippen LogP contribution in [0.15, 0.2) is 24.3 Å². The molecule has 0 bridgehead atoms. The predicted octanol–water partition coefficient (Wildman–Crippen LogP) is 2.45. The molecule has 1 aromatic rings. The molecule has 0 aromatic heterocycles. The standard InChI is InChI=1S/C14H19NO2/c16-13-7-3-2-6-12(13)14(17)8-11-15-9-4-1-5-10-15/h2-3,6-7,16H,1,4-5,8-11H2. The number of ketones is 1. The lowest BCUT2D eigenvalue weighted by atomic mass is 10.1. The number of aromatic hydroxyl groups is 1. The van der Waals surface area contributed by atoms with Crippen molar-refractivity contribution in [3.8, 4) is 5.75 Å². The first kappa shape index (κ1) is 12.1. The van der Waals surface area contributed by atoms with E-state index in [1.54, 1.807) is 24.3 Å². The predicted molar refractivity (Wildman–Crippen MR) is 67.3 cm³/mol. The van der Waals surface area contributed by atoms with Crippen molar-refractivity contribution in [1.29, 1.82) is 0 Å². The lowest BCUT2D eigenvalue weighted by molar-refractivity contribution is 0.0956. The summed E-state index contributed by atoms with van der Waals surface area (Å²) in [6.45, 7) is 3.02. The van der Waals surface area contributed by atoms with Gasteiger partial charge in [-0.15, -0.1) is 0 Å². The van der Waals surface area contributed by atoms with Crippen molar-refractivity contribution in [3.63, 3.8) is 0 Å². The van der Waals surface area contributed by atoms with Crippen LogP contribution in [0.4, 0.5) is 0 Å². The van der Waals surface area contributed by atoms with Crippen molar-refractivity contribution in [2.45, 2.75) is 25.7 Å². The van der Waals surface area contributed by atoms with Crippen LogP contribution in [0.25, 0.3) is 0 Å². The van der Waals surface area contributed by atoms with Gasteiger partial charge < -0.3 is 10.0 Å². The number of benzene rings is 1. The summed E-state index contributed by atoms with van der Waals surface area (Å²) >= 11 is 0. The van der Waals surface area contributed by atoms with Crippen molar-refractivity contribution >= 4 is 5.78 Å². The summed E-state index contributed by atoms with van der Waals surface area (Å²) in [6, 6.07) is 6.77. The van der Waals surface area contributed by atoms with Crippen LogP contribution >= 0.6 is 0 Å². The van der Waals surface area contributed by atoms with Gasteiger partial charge in [-0.3, -0.25) is 4.79 Å². The molecule has 0 radical (unpaired) electrons. The number of Topliss-reactive ketones (excluding diaryl/α,β-unsaturated/α-hetero) is 1. The normalized spacial score (nSPS) is 16.9. The molecule has 17 heavy (non-hydrogen) atoms. The third-order valence-electron chi connectivity index (χ3n) is 3.31. The highest BCUT2D eigenvalue weighted by Crippen LogP contribution is 2.18. The second-order valence-corrected chi connectivity index (χ2v) is 4.59. The number of piperidine rings is 1. The van der Waals surface area contributed by atoms with E-state index >= 15 is 0 Å². The summed E-state index contributed by atoms with van der Waals surface area (Å²) in [6.07, 6.45) is 4.29. The lowest BCUT2D eigenvalue weighted by Gasteiger charge is -2.25. The molecule has 1 aromatic carbocycles. The molecular formula is C14H19NO2. The number of likely N-dealkylation sites (tertiary alicyclic amines) is 1. The highest BCUT2D eigenvalue weighted by Gasteiger charge is 2.14. The van der Waals surface area contributed by atoms with E-state index in [9.17, 15) is 9.90 Å². The van der Waals surface area contributed by atoms with E-state index in [0.717, 1.165) is 19.6 Å². The zero-order valence-corrected chi connectivity index (χ0v) is 10.1. The van der Waals surface area contributed by atoms with E-state index in [4.69, 9.17) is 0 Å². The minimum atomic E-state index is 0.0358. The molecule has 1 aliphatic heterocycles. The maximum atomic E-state index is 11.9. The summed E-state index contributed by atoms with van der Waals surface area (Å²) in [5, 5.41) is 9.58. The van der Waals surface area contributed by atoms with Gasteiger partial charge in [0, 0.05) is 13.0 Å². The van der Waals surface area contributed by atoms with Gasteiger partial charge in [0.15, 0.2) is 5.78 Å². The average molecular weight is 233 g/mol. The minimum absolute atomic E-state index is 0.0358. The molecule has 0 unspecified atom stereocenters. The molecule has 1 saturated heterocycles. The summed E-state index contributed by atoms with van der Waals surface area (Å²) in [7, 11) is 0. The lowest BCUT2D eigenvalue weighted by Crippen LogP contribution is -2.31. The Morgan fingerprint density at radius 2 is 1.88 bits per heavy atom. The van der Waals surface area contributed by atoms with Gasteiger partial charge in [0.1, 0.15) is 5.75 Å². The fraction of sp³-hybridized carbons (Fsp3) is 0.500. The maximum absolute atomic E-state index is 11.9. The Kier molecular flexibility index (Phi) is 4.15. The molecule has 1 heterocycles. The van der Waals surface area contributed by atoms with Gasteiger partial charge in [-0.25, -0.2) is 0 Å². The van der Waals surface area contributed by atoms with Crippen LogP contribution in [0.3, 0.4) is 0 Å². The van der Waals surface area contributed by atoms with Crippen LogP contribution in [0.2, 0.25) is 0 Å². The average Bonchev–Trinajstić information content (AvgIpc) is 2.38. The zero-order valence-electron chi connectivity index (χ0n) is 10.1. The van der Waals surface area contributed by atoms with E-state index in [-0.39, 0.29) is 11.5 Å². The van der Waals surface area contributed by atoms with E-state index in [1.807, 2.05) is 0 Å². The van der Waals surface area contributed by atoms with Gasteiger partial charge in [-0.1, -0.05) is 18.6 Å². The van der Waals surface area contributed by atoms with Gasteiger partial charge in [0.25, 0.3) is 0 Å². The molecule has 0 amide bonds. The van der Waals surface area contributed by atoms with Crippen molar-refractivity contribution in [3.05, 3.63) is 29.8 Å². The number of carbonyl (C=O) groups is 1. The Labute approximate surface area is 102 Å². The molecule has 1 fully saturated rings. The molecule has 92 valence electrons. The van der Waals surface area contributed by atoms with Crippen molar-refractivity contribution in [1.82, 2.24) is 4.90 Å². The summed E-state index contributed by atoms with van der Waals surface area (Å²) in [5.41, 5.74) is 0.449.